The summed E-state index contributed by atoms with van der Waals surface area (Å²) < 4.78 is 5.38. The molecule has 0 amide bonds. The van der Waals surface area contributed by atoms with Gasteiger partial charge in [-0.25, -0.2) is 9.97 Å². The summed E-state index contributed by atoms with van der Waals surface area (Å²) in [5.41, 5.74) is 3.96. The Kier molecular flexibility index (Phi) is 5.15. The number of nitrogens with one attached hydrogen (secondary N) is 1. The SMILES string of the molecule is CCNCc1c(C)nc(-c2ccc(Cl)cc2OC)nc1C. The first-order valence-corrected chi connectivity index (χ1v) is 7.33. The molecule has 2 aromatic rings. The van der Waals surface area contributed by atoms with Crippen molar-refractivity contribution in [3.05, 3.63) is 40.2 Å². The normalized spacial score (nSPS) is 10.7. The molecule has 5 heteroatoms. The van der Waals surface area contributed by atoms with E-state index in [0.29, 0.717) is 16.6 Å². The fraction of sp³-hybridized carbons (Fsp3) is 0.375. The number of hydrogen-bond acceptors (Lipinski definition) is 4. The minimum Gasteiger partial charge on any atom is -0.496 e. The number of aromatic nitrogens is 2. The third-order valence-electron chi connectivity index (χ3n) is 3.38. The van der Waals surface area contributed by atoms with Gasteiger partial charge in [-0.05, 0) is 38.6 Å². The van der Waals surface area contributed by atoms with Crippen LogP contribution in [0.2, 0.25) is 5.02 Å². The average Bonchev–Trinajstić information content (AvgIpc) is 2.46. The Morgan fingerprint density at radius 2 is 1.86 bits per heavy atom. The molecule has 0 aliphatic rings. The largest absolute Gasteiger partial charge is 0.496 e. The van der Waals surface area contributed by atoms with Crippen molar-refractivity contribution in [2.75, 3.05) is 13.7 Å². The summed E-state index contributed by atoms with van der Waals surface area (Å²) in [7, 11) is 1.62. The number of hydrogen-bond donors (Lipinski definition) is 1. The number of halogens is 1. The van der Waals surface area contributed by atoms with Gasteiger partial charge in [0.05, 0.1) is 12.7 Å². The van der Waals surface area contributed by atoms with Gasteiger partial charge in [-0.3, -0.25) is 0 Å². The Labute approximate surface area is 130 Å². The lowest BCUT2D eigenvalue weighted by atomic mass is 10.1. The summed E-state index contributed by atoms with van der Waals surface area (Å²) in [6.45, 7) is 7.80. The first kappa shape index (κ1) is 15.7. The van der Waals surface area contributed by atoms with Crippen molar-refractivity contribution < 1.29 is 4.74 Å². The zero-order valence-electron chi connectivity index (χ0n) is 12.8. The van der Waals surface area contributed by atoms with Crippen molar-refractivity contribution in [2.45, 2.75) is 27.3 Å². The van der Waals surface area contributed by atoms with Crippen molar-refractivity contribution in [3.8, 4) is 17.1 Å². The third kappa shape index (κ3) is 3.52. The minimum atomic E-state index is 0.632. The topological polar surface area (TPSA) is 47.0 Å². The second-order valence-electron chi connectivity index (χ2n) is 4.82. The van der Waals surface area contributed by atoms with E-state index in [9.17, 15) is 0 Å². The molecule has 112 valence electrons. The highest BCUT2D eigenvalue weighted by Crippen LogP contribution is 2.31. The van der Waals surface area contributed by atoms with Crippen LogP contribution in [-0.2, 0) is 6.54 Å². The maximum Gasteiger partial charge on any atom is 0.163 e. The van der Waals surface area contributed by atoms with Crippen LogP contribution < -0.4 is 10.1 Å². The lowest BCUT2D eigenvalue weighted by Gasteiger charge is -2.13. The lowest BCUT2D eigenvalue weighted by Crippen LogP contribution is -2.15. The van der Waals surface area contributed by atoms with E-state index >= 15 is 0 Å². The van der Waals surface area contributed by atoms with Gasteiger partial charge in [-0.15, -0.1) is 0 Å². The summed E-state index contributed by atoms with van der Waals surface area (Å²) in [4.78, 5) is 9.24. The van der Waals surface area contributed by atoms with Crippen LogP contribution in [0.4, 0.5) is 0 Å². The minimum absolute atomic E-state index is 0.632. The van der Waals surface area contributed by atoms with E-state index in [4.69, 9.17) is 16.3 Å². The first-order valence-electron chi connectivity index (χ1n) is 6.95. The van der Waals surface area contributed by atoms with Crippen LogP contribution >= 0.6 is 11.6 Å². The molecule has 1 N–H and O–H groups in total. The molecular weight excluding hydrogens is 286 g/mol. The molecule has 0 aliphatic heterocycles. The van der Waals surface area contributed by atoms with E-state index in [1.807, 2.05) is 26.0 Å². The van der Waals surface area contributed by atoms with Gasteiger partial charge in [-0.2, -0.15) is 0 Å². The molecule has 0 spiro atoms. The molecule has 0 atom stereocenters. The van der Waals surface area contributed by atoms with Gasteiger partial charge in [0.2, 0.25) is 0 Å². The molecule has 0 saturated carbocycles. The number of benzene rings is 1. The maximum atomic E-state index is 6.00. The summed E-state index contributed by atoms with van der Waals surface area (Å²) in [6, 6.07) is 5.48. The van der Waals surface area contributed by atoms with Gasteiger partial charge < -0.3 is 10.1 Å². The van der Waals surface area contributed by atoms with Crippen LogP contribution in [0.25, 0.3) is 11.4 Å². The van der Waals surface area contributed by atoms with E-state index in [1.54, 1.807) is 13.2 Å². The van der Waals surface area contributed by atoms with Gasteiger partial charge in [0.1, 0.15) is 5.75 Å². The fourth-order valence-corrected chi connectivity index (χ4v) is 2.38. The highest BCUT2D eigenvalue weighted by molar-refractivity contribution is 6.30. The predicted molar refractivity (Wildman–Crippen MR) is 85.9 cm³/mol. The van der Waals surface area contributed by atoms with Crippen LogP contribution in [0.15, 0.2) is 18.2 Å². The Hall–Kier alpha value is -1.65. The van der Waals surface area contributed by atoms with Crippen LogP contribution in [0, 0.1) is 13.8 Å². The molecule has 2 rings (SSSR count). The average molecular weight is 306 g/mol. The highest BCUT2D eigenvalue weighted by atomic mass is 35.5. The first-order chi connectivity index (χ1) is 10.1. The monoisotopic (exact) mass is 305 g/mol. The quantitative estimate of drug-likeness (QED) is 0.918. The summed E-state index contributed by atoms with van der Waals surface area (Å²) in [5, 5.41) is 3.95. The number of nitrogens with zero attached hydrogens (tertiary/aromatic N) is 2. The Morgan fingerprint density at radius 3 is 2.43 bits per heavy atom. The van der Waals surface area contributed by atoms with E-state index in [2.05, 4.69) is 22.2 Å². The summed E-state index contributed by atoms with van der Waals surface area (Å²) in [6.07, 6.45) is 0. The zero-order valence-corrected chi connectivity index (χ0v) is 13.6. The van der Waals surface area contributed by atoms with Crippen LogP contribution in [0.1, 0.15) is 23.9 Å². The van der Waals surface area contributed by atoms with Gasteiger partial charge in [-0.1, -0.05) is 18.5 Å². The highest BCUT2D eigenvalue weighted by Gasteiger charge is 2.13. The number of rotatable bonds is 5. The van der Waals surface area contributed by atoms with Crippen LogP contribution in [-0.4, -0.2) is 23.6 Å². The van der Waals surface area contributed by atoms with Gasteiger partial charge in [0.15, 0.2) is 5.82 Å². The molecule has 0 unspecified atom stereocenters. The molecule has 1 heterocycles. The van der Waals surface area contributed by atoms with E-state index in [0.717, 1.165) is 35.6 Å². The second-order valence-corrected chi connectivity index (χ2v) is 5.26. The molecule has 4 nitrogen and oxygen atoms in total. The fourth-order valence-electron chi connectivity index (χ4n) is 2.22. The van der Waals surface area contributed by atoms with Crippen molar-refractivity contribution in [1.82, 2.24) is 15.3 Å². The molecule has 0 fully saturated rings. The third-order valence-corrected chi connectivity index (χ3v) is 3.61. The van der Waals surface area contributed by atoms with E-state index in [1.165, 1.54) is 0 Å². The second kappa shape index (κ2) is 6.87. The van der Waals surface area contributed by atoms with Gasteiger partial charge in [0.25, 0.3) is 0 Å². The summed E-state index contributed by atoms with van der Waals surface area (Å²) >= 11 is 6.00. The van der Waals surface area contributed by atoms with E-state index < -0.39 is 0 Å². The standard InChI is InChI=1S/C16H20ClN3O/c1-5-18-9-14-10(2)19-16(20-11(14)3)13-7-6-12(17)8-15(13)21-4/h6-8,18H,5,9H2,1-4H3. The number of methoxy groups -OCH3 is 1. The molecule has 1 aromatic heterocycles. The molecule has 21 heavy (non-hydrogen) atoms. The molecular formula is C16H20ClN3O. The molecule has 0 aliphatic carbocycles. The van der Waals surface area contributed by atoms with Gasteiger partial charge >= 0.3 is 0 Å². The Morgan fingerprint density at radius 1 is 1.19 bits per heavy atom. The number of aryl methyl sites for hydroxylation is 2. The Balaban J connectivity index is 2.46. The van der Waals surface area contributed by atoms with Crippen molar-refractivity contribution in [2.24, 2.45) is 0 Å². The van der Waals surface area contributed by atoms with Crippen molar-refractivity contribution in [3.63, 3.8) is 0 Å². The lowest BCUT2D eigenvalue weighted by molar-refractivity contribution is 0.416. The maximum absolute atomic E-state index is 6.00. The summed E-state index contributed by atoms with van der Waals surface area (Å²) in [5.74, 6) is 1.35. The predicted octanol–water partition coefficient (Wildman–Crippen LogP) is 3.53. The zero-order chi connectivity index (χ0) is 15.4. The molecule has 0 saturated heterocycles. The number of ether oxygens (including phenoxy) is 1. The van der Waals surface area contributed by atoms with Gasteiger partial charge in [0, 0.05) is 28.5 Å². The molecule has 0 bridgehead atoms. The van der Waals surface area contributed by atoms with E-state index in [-0.39, 0.29) is 0 Å². The molecule has 1 aromatic carbocycles. The molecule has 0 radical (unpaired) electrons. The van der Waals surface area contributed by atoms with Crippen LogP contribution in [0.5, 0.6) is 5.75 Å². The Bertz CT molecular complexity index is 620. The van der Waals surface area contributed by atoms with Crippen molar-refractivity contribution >= 4 is 11.6 Å². The van der Waals surface area contributed by atoms with Crippen LogP contribution in [0.3, 0.4) is 0 Å². The van der Waals surface area contributed by atoms with Crippen molar-refractivity contribution in [1.29, 1.82) is 0 Å². The smallest absolute Gasteiger partial charge is 0.163 e.